The summed E-state index contributed by atoms with van der Waals surface area (Å²) in [6.45, 7) is 2.55. The molecule has 0 saturated heterocycles. The lowest BCUT2D eigenvalue weighted by Crippen LogP contribution is -1.97. The monoisotopic (exact) mass is 233 g/mol. The van der Waals surface area contributed by atoms with Crippen LogP contribution in [0.1, 0.15) is 12.5 Å². The van der Waals surface area contributed by atoms with Gasteiger partial charge in [-0.25, -0.2) is 14.1 Å². The molecule has 0 aliphatic heterocycles. The van der Waals surface area contributed by atoms with Crippen molar-refractivity contribution in [1.82, 2.24) is 14.8 Å². The SMILES string of the molecule is CCO/C=C/c1ccc(-n2cc(F)cn2)nc1. The molecule has 0 amide bonds. The summed E-state index contributed by atoms with van der Waals surface area (Å²) in [5, 5.41) is 3.83. The highest BCUT2D eigenvalue weighted by Gasteiger charge is 2.00. The van der Waals surface area contributed by atoms with Gasteiger partial charge in [0.1, 0.15) is 0 Å². The molecule has 4 nitrogen and oxygen atoms in total. The number of aromatic nitrogens is 3. The molecule has 0 N–H and O–H groups in total. The lowest BCUT2D eigenvalue weighted by molar-refractivity contribution is 0.272. The molecule has 5 heteroatoms. The van der Waals surface area contributed by atoms with Crippen molar-refractivity contribution in [2.24, 2.45) is 0 Å². The van der Waals surface area contributed by atoms with Crippen LogP contribution in [-0.2, 0) is 4.74 Å². The average Bonchev–Trinajstić information content (AvgIpc) is 2.77. The van der Waals surface area contributed by atoms with E-state index in [-0.39, 0.29) is 5.82 Å². The summed E-state index contributed by atoms with van der Waals surface area (Å²) >= 11 is 0. The summed E-state index contributed by atoms with van der Waals surface area (Å²) in [4.78, 5) is 4.17. The van der Waals surface area contributed by atoms with E-state index in [1.165, 1.54) is 10.9 Å². The Balaban J connectivity index is 2.13. The smallest absolute Gasteiger partial charge is 0.161 e. The van der Waals surface area contributed by atoms with Crippen molar-refractivity contribution in [2.75, 3.05) is 6.61 Å². The average molecular weight is 233 g/mol. The highest BCUT2D eigenvalue weighted by Crippen LogP contribution is 2.07. The lowest BCUT2D eigenvalue weighted by Gasteiger charge is -2.00. The second-order valence-corrected chi connectivity index (χ2v) is 3.31. The second kappa shape index (κ2) is 5.25. The third kappa shape index (κ3) is 2.90. The zero-order valence-electron chi connectivity index (χ0n) is 9.38. The molecule has 17 heavy (non-hydrogen) atoms. The fraction of sp³-hybridized carbons (Fsp3) is 0.167. The molecular formula is C12H12FN3O. The predicted molar refractivity (Wildman–Crippen MR) is 62.0 cm³/mol. The van der Waals surface area contributed by atoms with E-state index in [1.807, 2.05) is 19.1 Å². The molecule has 2 aromatic heterocycles. The fourth-order valence-electron chi connectivity index (χ4n) is 1.28. The van der Waals surface area contributed by atoms with Crippen molar-refractivity contribution >= 4 is 6.08 Å². The quantitative estimate of drug-likeness (QED) is 0.761. The lowest BCUT2D eigenvalue weighted by atomic mass is 10.3. The first kappa shape index (κ1) is 11.3. The molecule has 0 radical (unpaired) electrons. The first-order valence-electron chi connectivity index (χ1n) is 5.24. The Bertz CT molecular complexity index is 505. The molecule has 0 bridgehead atoms. The van der Waals surface area contributed by atoms with Gasteiger partial charge in [0, 0.05) is 6.20 Å². The Labute approximate surface area is 98.4 Å². The summed E-state index contributed by atoms with van der Waals surface area (Å²) in [6.07, 6.45) is 7.52. The van der Waals surface area contributed by atoms with E-state index in [0.29, 0.717) is 12.4 Å². The number of nitrogens with zero attached hydrogens (tertiary/aromatic N) is 3. The van der Waals surface area contributed by atoms with E-state index in [9.17, 15) is 4.39 Å². The van der Waals surface area contributed by atoms with E-state index >= 15 is 0 Å². The largest absolute Gasteiger partial charge is 0.501 e. The van der Waals surface area contributed by atoms with Crippen molar-refractivity contribution in [3.63, 3.8) is 0 Å². The standard InChI is InChI=1S/C12H12FN3O/c1-2-17-6-5-10-3-4-12(14-7-10)16-9-11(13)8-15-16/h3-9H,2H2,1H3/b6-5+. The van der Waals surface area contributed by atoms with Crippen LogP contribution in [0.25, 0.3) is 11.9 Å². The highest BCUT2D eigenvalue weighted by atomic mass is 19.1. The highest BCUT2D eigenvalue weighted by molar-refractivity contribution is 5.47. The Morgan fingerprint density at radius 1 is 1.41 bits per heavy atom. The van der Waals surface area contributed by atoms with Gasteiger partial charge in [0.2, 0.25) is 0 Å². The molecule has 2 rings (SSSR count). The van der Waals surface area contributed by atoms with E-state index in [1.54, 1.807) is 18.5 Å². The molecule has 0 aromatic carbocycles. The number of rotatable bonds is 4. The maximum absolute atomic E-state index is 12.8. The van der Waals surface area contributed by atoms with Crippen LogP contribution in [0.5, 0.6) is 0 Å². The topological polar surface area (TPSA) is 39.9 Å². The third-order valence-corrected chi connectivity index (χ3v) is 2.08. The predicted octanol–water partition coefficient (Wildman–Crippen LogP) is 2.41. The van der Waals surface area contributed by atoms with Crippen LogP contribution in [0.3, 0.4) is 0 Å². The molecule has 0 unspecified atom stereocenters. The maximum atomic E-state index is 12.8. The molecule has 2 heterocycles. The van der Waals surface area contributed by atoms with Gasteiger partial charge in [-0.1, -0.05) is 0 Å². The summed E-state index contributed by atoms with van der Waals surface area (Å²) in [7, 11) is 0. The van der Waals surface area contributed by atoms with E-state index in [4.69, 9.17) is 4.74 Å². The molecule has 0 spiro atoms. The van der Waals surface area contributed by atoms with E-state index in [0.717, 1.165) is 11.8 Å². The van der Waals surface area contributed by atoms with Gasteiger partial charge in [-0.15, -0.1) is 0 Å². The minimum atomic E-state index is -0.382. The fourth-order valence-corrected chi connectivity index (χ4v) is 1.28. The Hall–Kier alpha value is -2.17. The number of hydrogen-bond acceptors (Lipinski definition) is 3. The summed E-state index contributed by atoms with van der Waals surface area (Å²) in [6, 6.07) is 3.62. The van der Waals surface area contributed by atoms with Crippen LogP contribution in [0, 0.1) is 5.82 Å². The molecule has 2 aromatic rings. The van der Waals surface area contributed by atoms with Crippen LogP contribution >= 0.6 is 0 Å². The molecular weight excluding hydrogens is 221 g/mol. The first-order valence-corrected chi connectivity index (χ1v) is 5.24. The van der Waals surface area contributed by atoms with Gasteiger partial charge >= 0.3 is 0 Å². The normalized spacial score (nSPS) is 10.9. The van der Waals surface area contributed by atoms with E-state index < -0.39 is 0 Å². The van der Waals surface area contributed by atoms with Crippen LogP contribution < -0.4 is 0 Å². The maximum Gasteiger partial charge on any atom is 0.161 e. The summed E-state index contributed by atoms with van der Waals surface area (Å²) in [5.41, 5.74) is 0.912. The minimum absolute atomic E-state index is 0.382. The van der Waals surface area contributed by atoms with Gasteiger partial charge in [0.05, 0.1) is 25.3 Å². The van der Waals surface area contributed by atoms with Gasteiger partial charge in [0.25, 0.3) is 0 Å². The number of hydrogen-bond donors (Lipinski definition) is 0. The first-order chi connectivity index (χ1) is 8.29. The van der Waals surface area contributed by atoms with Crippen molar-refractivity contribution < 1.29 is 9.13 Å². The van der Waals surface area contributed by atoms with Crippen LogP contribution in [0.4, 0.5) is 4.39 Å². The molecule has 0 saturated carbocycles. The van der Waals surface area contributed by atoms with Gasteiger partial charge in [-0.3, -0.25) is 0 Å². The zero-order valence-corrected chi connectivity index (χ0v) is 9.38. The molecule has 0 fully saturated rings. The summed E-state index contributed by atoms with van der Waals surface area (Å²) < 4.78 is 19.2. The van der Waals surface area contributed by atoms with Crippen LogP contribution in [0.15, 0.2) is 37.0 Å². The van der Waals surface area contributed by atoms with Gasteiger partial charge in [-0.2, -0.15) is 5.10 Å². The third-order valence-electron chi connectivity index (χ3n) is 2.08. The zero-order chi connectivity index (χ0) is 12.1. The summed E-state index contributed by atoms with van der Waals surface area (Å²) in [5.74, 6) is 0.189. The number of pyridine rings is 1. The van der Waals surface area contributed by atoms with Crippen molar-refractivity contribution in [2.45, 2.75) is 6.92 Å². The molecule has 0 aliphatic carbocycles. The van der Waals surface area contributed by atoms with Gasteiger partial charge in [-0.05, 0) is 30.7 Å². The molecule has 0 aliphatic rings. The Kier molecular flexibility index (Phi) is 3.49. The Morgan fingerprint density at radius 3 is 2.88 bits per heavy atom. The molecule has 0 atom stereocenters. The number of ether oxygens (including phenoxy) is 1. The second-order valence-electron chi connectivity index (χ2n) is 3.31. The Morgan fingerprint density at radius 2 is 2.29 bits per heavy atom. The molecule has 88 valence electrons. The van der Waals surface area contributed by atoms with Gasteiger partial charge < -0.3 is 4.74 Å². The van der Waals surface area contributed by atoms with Crippen LogP contribution in [0.2, 0.25) is 0 Å². The van der Waals surface area contributed by atoms with E-state index in [2.05, 4.69) is 10.1 Å². The van der Waals surface area contributed by atoms with Crippen molar-refractivity contribution in [1.29, 1.82) is 0 Å². The number of halogens is 1. The minimum Gasteiger partial charge on any atom is -0.501 e. The van der Waals surface area contributed by atoms with Crippen molar-refractivity contribution in [3.05, 3.63) is 48.4 Å². The van der Waals surface area contributed by atoms with Crippen molar-refractivity contribution in [3.8, 4) is 5.82 Å². The van der Waals surface area contributed by atoms with Crippen LogP contribution in [-0.4, -0.2) is 21.4 Å². The van der Waals surface area contributed by atoms with Gasteiger partial charge in [0.15, 0.2) is 11.6 Å².